The number of hydrogen-bond donors (Lipinski definition) is 2. The predicted octanol–water partition coefficient (Wildman–Crippen LogP) is 3.02. The molecule has 1 aliphatic carbocycles. The lowest BCUT2D eigenvalue weighted by atomic mass is 9.94. The van der Waals surface area contributed by atoms with E-state index < -0.39 is 0 Å². The second-order valence-corrected chi connectivity index (χ2v) is 6.60. The van der Waals surface area contributed by atoms with Gasteiger partial charge in [0.2, 0.25) is 5.91 Å². The molecule has 20 heavy (non-hydrogen) atoms. The van der Waals surface area contributed by atoms with Crippen LogP contribution in [0, 0.1) is 11.3 Å². The SMILES string of the molecule is CC(C)CC1(CNC(=O)CC(N)c2ccccc2)CC1. The first-order chi connectivity index (χ1) is 9.51. The zero-order chi connectivity index (χ0) is 14.6. The summed E-state index contributed by atoms with van der Waals surface area (Å²) in [7, 11) is 0. The first-order valence-electron chi connectivity index (χ1n) is 7.58. The Bertz CT molecular complexity index is 438. The molecule has 3 nitrogen and oxygen atoms in total. The molecule has 0 spiro atoms. The lowest BCUT2D eigenvalue weighted by Crippen LogP contribution is -2.33. The maximum atomic E-state index is 12.0. The minimum atomic E-state index is -0.212. The van der Waals surface area contributed by atoms with E-state index in [1.807, 2.05) is 30.3 Å². The van der Waals surface area contributed by atoms with E-state index in [9.17, 15) is 4.79 Å². The highest BCUT2D eigenvalue weighted by molar-refractivity contribution is 5.76. The fourth-order valence-electron chi connectivity index (χ4n) is 2.87. The van der Waals surface area contributed by atoms with Crippen LogP contribution in [0.15, 0.2) is 30.3 Å². The number of carbonyl (C=O) groups excluding carboxylic acids is 1. The predicted molar refractivity (Wildman–Crippen MR) is 82.1 cm³/mol. The molecule has 1 aliphatic rings. The maximum Gasteiger partial charge on any atom is 0.221 e. The molecule has 1 atom stereocenters. The van der Waals surface area contributed by atoms with Gasteiger partial charge in [0.15, 0.2) is 0 Å². The number of amides is 1. The molecule has 2 rings (SSSR count). The summed E-state index contributed by atoms with van der Waals surface area (Å²) in [5.74, 6) is 0.761. The van der Waals surface area contributed by atoms with Crippen LogP contribution >= 0.6 is 0 Å². The highest BCUT2D eigenvalue weighted by Gasteiger charge is 2.42. The van der Waals surface area contributed by atoms with Crippen LogP contribution in [0.25, 0.3) is 0 Å². The Kier molecular flexibility index (Phi) is 4.81. The summed E-state index contributed by atoms with van der Waals surface area (Å²) in [6.07, 6.45) is 4.06. The van der Waals surface area contributed by atoms with Crippen LogP contribution in [0.1, 0.15) is 51.1 Å². The minimum Gasteiger partial charge on any atom is -0.355 e. The standard InChI is InChI=1S/C17H26N2O/c1-13(2)11-17(8-9-17)12-19-16(20)10-15(18)14-6-4-3-5-7-14/h3-7,13,15H,8-12,18H2,1-2H3,(H,19,20). The Morgan fingerprint density at radius 1 is 1.30 bits per heavy atom. The molecule has 0 saturated heterocycles. The van der Waals surface area contributed by atoms with Crippen molar-refractivity contribution in [2.24, 2.45) is 17.1 Å². The van der Waals surface area contributed by atoms with Crippen molar-refractivity contribution in [3.63, 3.8) is 0 Å². The van der Waals surface area contributed by atoms with E-state index in [-0.39, 0.29) is 11.9 Å². The third-order valence-corrected chi connectivity index (χ3v) is 4.09. The number of nitrogens with two attached hydrogens (primary N) is 1. The molecule has 0 aliphatic heterocycles. The zero-order valence-corrected chi connectivity index (χ0v) is 12.6. The topological polar surface area (TPSA) is 55.1 Å². The highest BCUT2D eigenvalue weighted by atomic mass is 16.1. The summed E-state index contributed by atoms with van der Waals surface area (Å²) >= 11 is 0. The van der Waals surface area contributed by atoms with E-state index in [0.29, 0.717) is 17.8 Å². The molecule has 1 amide bonds. The summed E-state index contributed by atoms with van der Waals surface area (Å²) in [6.45, 7) is 5.30. The summed E-state index contributed by atoms with van der Waals surface area (Å²) < 4.78 is 0. The second kappa shape index (κ2) is 6.40. The number of rotatable bonds is 7. The molecular weight excluding hydrogens is 248 g/mol. The Hall–Kier alpha value is -1.35. The normalized spacial score (nSPS) is 17.8. The molecule has 1 saturated carbocycles. The first kappa shape index (κ1) is 15.0. The van der Waals surface area contributed by atoms with Crippen molar-refractivity contribution in [3.8, 4) is 0 Å². The van der Waals surface area contributed by atoms with Crippen molar-refractivity contribution in [2.75, 3.05) is 6.54 Å². The number of carbonyl (C=O) groups is 1. The molecule has 0 heterocycles. The Balaban J connectivity index is 1.76. The summed E-state index contributed by atoms with van der Waals surface area (Å²) in [5, 5.41) is 3.07. The molecule has 110 valence electrons. The molecule has 1 fully saturated rings. The molecule has 0 bridgehead atoms. The quantitative estimate of drug-likeness (QED) is 0.803. The maximum absolute atomic E-state index is 12.0. The van der Waals surface area contributed by atoms with Crippen LogP contribution in [-0.4, -0.2) is 12.5 Å². The van der Waals surface area contributed by atoms with Crippen LogP contribution in [0.2, 0.25) is 0 Å². The van der Waals surface area contributed by atoms with Gasteiger partial charge in [-0.2, -0.15) is 0 Å². The van der Waals surface area contributed by atoms with Gasteiger partial charge in [-0.1, -0.05) is 44.2 Å². The number of hydrogen-bond acceptors (Lipinski definition) is 2. The van der Waals surface area contributed by atoms with Crippen molar-refractivity contribution in [3.05, 3.63) is 35.9 Å². The van der Waals surface area contributed by atoms with Gasteiger partial charge in [0.05, 0.1) is 0 Å². The van der Waals surface area contributed by atoms with E-state index in [0.717, 1.165) is 12.1 Å². The van der Waals surface area contributed by atoms with Crippen LogP contribution in [0.3, 0.4) is 0 Å². The second-order valence-electron chi connectivity index (χ2n) is 6.60. The van der Waals surface area contributed by atoms with E-state index in [1.54, 1.807) is 0 Å². The molecule has 1 unspecified atom stereocenters. The molecule has 1 aromatic rings. The van der Waals surface area contributed by atoms with E-state index >= 15 is 0 Å². The lowest BCUT2D eigenvalue weighted by Gasteiger charge is -2.19. The van der Waals surface area contributed by atoms with Gasteiger partial charge in [0.25, 0.3) is 0 Å². The highest BCUT2D eigenvalue weighted by Crippen LogP contribution is 2.50. The van der Waals surface area contributed by atoms with E-state index in [1.165, 1.54) is 19.3 Å². The van der Waals surface area contributed by atoms with Gasteiger partial charge in [0.1, 0.15) is 0 Å². The third-order valence-electron chi connectivity index (χ3n) is 4.09. The third kappa shape index (κ3) is 4.34. The zero-order valence-electron chi connectivity index (χ0n) is 12.6. The number of nitrogens with one attached hydrogen (secondary N) is 1. The average molecular weight is 274 g/mol. The summed E-state index contributed by atoms with van der Waals surface area (Å²) in [6, 6.07) is 9.60. The van der Waals surface area contributed by atoms with Crippen LogP contribution in [0.4, 0.5) is 0 Å². The van der Waals surface area contributed by atoms with Gasteiger partial charge in [-0.3, -0.25) is 4.79 Å². The lowest BCUT2D eigenvalue weighted by molar-refractivity contribution is -0.121. The molecule has 3 heteroatoms. The van der Waals surface area contributed by atoms with Crippen molar-refractivity contribution >= 4 is 5.91 Å². The fourth-order valence-corrected chi connectivity index (χ4v) is 2.87. The van der Waals surface area contributed by atoms with Crippen molar-refractivity contribution in [1.82, 2.24) is 5.32 Å². The average Bonchev–Trinajstić information content (AvgIpc) is 3.17. The Morgan fingerprint density at radius 2 is 1.95 bits per heavy atom. The Morgan fingerprint density at radius 3 is 2.50 bits per heavy atom. The molecule has 0 radical (unpaired) electrons. The first-order valence-corrected chi connectivity index (χ1v) is 7.58. The smallest absolute Gasteiger partial charge is 0.221 e. The Labute approximate surface area is 121 Å². The van der Waals surface area contributed by atoms with E-state index in [2.05, 4.69) is 19.2 Å². The summed E-state index contributed by atoms with van der Waals surface area (Å²) in [5.41, 5.74) is 7.47. The summed E-state index contributed by atoms with van der Waals surface area (Å²) in [4.78, 5) is 12.0. The van der Waals surface area contributed by atoms with E-state index in [4.69, 9.17) is 5.73 Å². The van der Waals surface area contributed by atoms with Crippen LogP contribution in [0.5, 0.6) is 0 Å². The van der Waals surface area contributed by atoms with Crippen molar-refractivity contribution in [1.29, 1.82) is 0 Å². The van der Waals surface area contributed by atoms with Gasteiger partial charge < -0.3 is 11.1 Å². The minimum absolute atomic E-state index is 0.0661. The van der Waals surface area contributed by atoms with Gasteiger partial charge in [-0.15, -0.1) is 0 Å². The molecule has 3 N–H and O–H groups in total. The molecule has 0 aromatic heterocycles. The van der Waals surface area contributed by atoms with Crippen LogP contribution in [-0.2, 0) is 4.79 Å². The monoisotopic (exact) mass is 274 g/mol. The van der Waals surface area contributed by atoms with Gasteiger partial charge in [-0.05, 0) is 36.2 Å². The fraction of sp³-hybridized carbons (Fsp3) is 0.588. The van der Waals surface area contributed by atoms with Crippen LogP contribution < -0.4 is 11.1 Å². The van der Waals surface area contributed by atoms with Crippen molar-refractivity contribution < 1.29 is 4.79 Å². The van der Waals surface area contributed by atoms with Gasteiger partial charge in [-0.25, -0.2) is 0 Å². The molecule has 1 aromatic carbocycles. The van der Waals surface area contributed by atoms with Crippen molar-refractivity contribution in [2.45, 2.75) is 45.6 Å². The van der Waals surface area contributed by atoms with Gasteiger partial charge in [0, 0.05) is 19.0 Å². The largest absolute Gasteiger partial charge is 0.355 e. The molecular formula is C17H26N2O. The number of benzene rings is 1. The van der Waals surface area contributed by atoms with Gasteiger partial charge >= 0.3 is 0 Å².